The zero-order chi connectivity index (χ0) is 20.2. The van der Waals surface area contributed by atoms with Crippen molar-refractivity contribution in [2.24, 2.45) is 5.92 Å². The third-order valence-electron chi connectivity index (χ3n) is 5.07. The SMILES string of the molecule is O=C(Nc1cccc(Cl)c1)C1CCN(c2cc(-c3ccc(F)cc3)ncn2)CC1. The van der Waals surface area contributed by atoms with Crippen LogP contribution < -0.4 is 10.2 Å². The number of benzene rings is 2. The first kappa shape index (κ1) is 19.3. The van der Waals surface area contributed by atoms with E-state index in [0.717, 1.165) is 43.0 Å². The van der Waals surface area contributed by atoms with Gasteiger partial charge in [0.2, 0.25) is 5.91 Å². The monoisotopic (exact) mass is 410 g/mol. The normalized spacial score (nSPS) is 14.6. The summed E-state index contributed by atoms with van der Waals surface area (Å²) in [5.74, 6) is 0.499. The van der Waals surface area contributed by atoms with E-state index in [-0.39, 0.29) is 17.6 Å². The number of amides is 1. The van der Waals surface area contributed by atoms with Crippen molar-refractivity contribution in [1.29, 1.82) is 0 Å². The minimum Gasteiger partial charge on any atom is -0.356 e. The van der Waals surface area contributed by atoms with Crippen LogP contribution in [0.25, 0.3) is 11.3 Å². The Morgan fingerprint density at radius 1 is 1.07 bits per heavy atom. The predicted molar refractivity (Wildman–Crippen MR) is 112 cm³/mol. The van der Waals surface area contributed by atoms with Crippen molar-refractivity contribution >= 4 is 29.0 Å². The minimum absolute atomic E-state index is 0.0154. The van der Waals surface area contributed by atoms with Crippen LogP contribution in [0.3, 0.4) is 0 Å². The number of hydrogen-bond acceptors (Lipinski definition) is 4. The van der Waals surface area contributed by atoms with E-state index in [9.17, 15) is 9.18 Å². The highest BCUT2D eigenvalue weighted by Crippen LogP contribution is 2.26. The first-order valence-corrected chi connectivity index (χ1v) is 9.85. The third kappa shape index (κ3) is 4.71. The molecule has 0 aliphatic carbocycles. The van der Waals surface area contributed by atoms with Gasteiger partial charge in [0.15, 0.2) is 0 Å². The number of aromatic nitrogens is 2. The van der Waals surface area contributed by atoms with E-state index in [1.807, 2.05) is 18.2 Å². The smallest absolute Gasteiger partial charge is 0.227 e. The van der Waals surface area contributed by atoms with E-state index in [4.69, 9.17) is 11.6 Å². The largest absolute Gasteiger partial charge is 0.356 e. The molecule has 1 saturated heterocycles. The number of carbonyl (C=O) groups excluding carboxylic acids is 1. The molecular weight excluding hydrogens is 391 g/mol. The third-order valence-corrected chi connectivity index (χ3v) is 5.31. The Morgan fingerprint density at radius 3 is 2.55 bits per heavy atom. The molecule has 0 saturated carbocycles. The van der Waals surface area contributed by atoms with Crippen LogP contribution in [0.2, 0.25) is 5.02 Å². The standard InChI is InChI=1S/C22H20ClFN4O/c23-17-2-1-3-19(12-17)27-22(29)16-8-10-28(11-9-16)21-13-20(25-14-26-21)15-4-6-18(24)7-5-15/h1-7,12-14,16H,8-11H2,(H,27,29). The van der Waals surface area contributed by atoms with Crippen LogP contribution in [0.5, 0.6) is 0 Å². The Balaban J connectivity index is 1.39. The van der Waals surface area contributed by atoms with Crippen molar-refractivity contribution in [2.75, 3.05) is 23.3 Å². The highest BCUT2D eigenvalue weighted by Gasteiger charge is 2.26. The molecule has 1 aliphatic rings. The Hall–Kier alpha value is -2.99. The van der Waals surface area contributed by atoms with Crippen LogP contribution in [0.1, 0.15) is 12.8 Å². The molecule has 2 aromatic carbocycles. The minimum atomic E-state index is -0.277. The molecule has 1 aliphatic heterocycles. The summed E-state index contributed by atoms with van der Waals surface area (Å²) in [6, 6.07) is 15.3. The van der Waals surface area contributed by atoms with Crippen molar-refractivity contribution in [1.82, 2.24) is 9.97 Å². The maximum Gasteiger partial charge on any atom is 0.227 e. The van der Waals surface area contributed by atoms with Crippen LogP contribution in [0, 0.1) is 11.7 Å². The zero-order valence-corrected chi connectivity index (χ0v) is 16.4. The van der Waals surface area contributed by atoms with E-state index in [2.05, 4.69) is 20.2 Å². The summed E-state index contributed by atoms with van der Waals surface area (Å²) in [7, 11) is 0. The summed E-state index contributed by atoms with van der Waals surface area (Å²) in [5.41, 5.74) is 2.30. The van der Waals surface area contributed by atoms with Crippen molar-refractivity contribution in [2.45, 2.75) is 12.8 Å². The van der Waals surface area contributed by atoms with Gasteiger partial charge < -0.3 is 10.2 Å². The number of halogens is 2. The molecule has 0 bridgehead atoms. The highest BCUT2D eigenvalue weighted by molar-refractivity contribution is 6.30. The second-order valence-corrected chi connectivity index (χ2v) is 7.47. The lowest BCUT2D eigenvalue weighted by Crippen LogP contribution is -2.38. The summed E-state index contributed by atoms with van der Waals surface area (Å²) in [4.78, 5) is 23.4. The molecule has 7 heteroatoms. The van der Waals surface area contributed by atoms with E-state index in [1.165, 1.54) is 18.5 Å². The van der Waals surface area contributed by atoms with Gasteiger partial charge in [0, 0.05) is 41.3 Å². The Labute approximate surface area is 173 Å². The summed E-state index contributed by atoms with van der Waals surface area (Å²) < 4.78 is 13.2. The second kappa shape index (κ2) is 8.57. The molecule has 1 aromatic heterocycles. The molecule has 1 fully saturated rings. The summed E-state index contributed by atoms with van der Waals surface area (Å²) in [6.07, 6.45) is 3.00. The summed E-state index contributed by atoms with van der Waals surface area (Å²) >= 11 is 5.98. The summed E-state index contributed by atoms with van der Waals surface area (Å²) in [6.45, 7) is 1.46. The molecular formula is C22H20ClFN4O. The van der Waals surface area contributed by atoms with Gasteiger partial charge in [0.25, 0.3) is 0 Å². The quantitative estimate of drug-likeness (QED) is 0.671. The molecule has 0 spiro atoms. The van der Waals surface area contributed by atoms with Crippen molar-refractivity contribution in [3.63, 3.8) is 0 Å². The van der Waals surface area contributed by atoms with Gasteiger partial charge in [-0.1, -0.05) is 17.7 Å². The first-order chi connectivity index (χ1) is 14.1. The lowest BCUT2D eigenvalue weighted by Gasteiger charge is -2.32. The fourth-order valence-electron chi connectivity index (χ4n) is 3.48. The average molecular weight is 411 g/mol. The molecule has 1 amide bonds. The van der Waals surface area contributed by atoms with Crippen LogP contribution in [-0.4, -0.2) is 29.0 Å². The van der Waals surface area contributed by atoms with Crippen LogP contribution >= 0.6 is 11.6 Å². The average Bonchev–Trinajstić information content (AvgIpc) is 2.74. The number of anilines is 2. The van der Waals surface area contributed by atoms with Crippen molar-refractivity contribution in [3.8, 4) is 11.3 Å². The van der Waals surface area contributed by atoms with E-state index >= 15 is 0 Å². The Morgan fingerprint density at radius 2 is 1.83 bits per heavy atom. The number of piperidine rings is 1. The highest BCUT2D eigenvalue weighted by atomic mass is 35.5. The molecule has 3 aromatic rings. The Bertz CT molecular complexity index is 1000. The second-order valence-electron chi connectivity index (χ2n) is 7.03. The topological polar surface area (TPSA) is 58.1 Å². The number of nitrogens with zero attached hydrogens (tertiary/aromatic N) is 3. The van der Waals surface area contributed by atoms with Gasteiger partial charge in [-0.15, -0.1) is 0 Å². The fraction of sp³-hybridized carbons (Fsp3) is 0.227. The molecule has 1 N–H and O–H groups in total. The van der Waals surface area contributed by atoms with Crippen LogP contribution in [0.15, 0.2) is 60.9 Å². The van der Waals surface area contributed by atoms with E-state index in [0.29, 0.717) is 10.7 Å². The Kier molecular flexibility index (Phi) is 5.71. The number of hydrogen-bond donors (Lipinski definition) is 1. The van der Waals surface area contributed by atoms with Gasteiger partial charge in [-0.05, 0) is 55.3 Å². The molecule has 5 nitrogen and oxygen atoms in total. The van der Waals surface area contributed by atoms with Crippen LogP contribution in [0.4, 0.5) is 15.9 Å². The van der Waals surface area contributed by atoms with Crippen molar-refractivity contribution < 1.29 is 9.18 Å². The molecule has 0 atom stereocenters. The molecule has 2 heterocycles. The lowest BCUT2D eigenvalue weighted by molar-refractivity contribution is -0.120. The molecule has 0 unspecified atom stereocenters. The van der Waals surface area contributed by atoms with Gasteiger partial charge in [-0.3, -0.25) is 4.79 Å². The lowest BCUT2D eigenvalue weighted by atomic mass is 9.95. The van der Waals surface area contributed by atoms with Crippen molar-refractivity contribution in [3.05, 3.63) is 71.8 Å². The zero-order valence-electron chi connectivity index (χ0n) is 15.7. The van der Waals surface area contributed by atoms with Gasteiger partial charge in [-0.25, -0.2) is 14.4 Å². The first-order valence-electron chi connectivity index (χ1n) is 9.48. The predicted octanol–water partition coefficient (Wildman–Crippen LogP) is 4.79. The molecule has 148 valence electrons. The number of carbonyl (C=O) groups is 1. The van der Waals surface area contributed by atoms with Gasteiger partial charge >= 0.3 is 0 Å². The van der Waals surface area contributed by atoms with Gasteiger partial charge in [-0.2, -0.15) is 0 Å². The number of nitrogens with one attached hydrogen (secondary N) is 1. The van der Waals surface area contributed by atoms with Gasteiger partial charge in [0.05, 0.1) is 5.69 Å². The maximum atomic E-state index is 13.2. The van der Waals surface area contributed by atoms with Crippen LogP contribution in [-0.2, 0) is 4.79 Å². The maximum absolute atomic E-state index is 13.2. The fourth-order valence-corrected chi connectivity index (χ4v) is 3.67. The molecule has 29 heavy (non-hydrogen) atoms. The molecule has 0 radical (unpaired) electrons. The van der Waals surface area contributed by atoms with E-state index in [1.54, 1.807) is 24.3 Å². The molecule has 4 rings (SSSR count). The van der Waals surface area contributed by atoms with Gasteiger partial charge in [0.1, 0.15) is 18.0 Å². The summed E-state index contributed by atoms with van der Waals surface area (Å²) in [5, 5.41) is 3.54. The number of rotatable bonds is 4. The van der Waals surface area contributed by atoms with E-state index < -0.39 is 0 Å².